The number of amides is 2. The van der Waals surface area contributed by atoms with Crippen molar-refractivity contribution in [3.8, 4) is 0 Å². The summed E-state index contributed by atoms with van der Waals surface area (Å²) in [6.07, 6.45) is 3.76. The lowest BCUT2D eigenvalue weighted by atomic mass is 9.98. The van der Waals surface area contributed by atoms with Crippen molar-refractivity contribution in [1.82, 2.24) is 35.2 Å². The molecule has 3 heterocycles. The summed E-state index contributed by atoms with van der Waals surface area (Å²) in [6.45, 7) is 1.80. The van der Waals surface area contributed by atoms with Crippen LogP contribution in [-0.4, -0.2) is 47.5 Å². The number of carboxylic acids is 1. The van der Waals surface area contributed by atoms with Gasteiger partial charge in [-0.3, -0.25) is 9.59 Å². The zero-order chi connectivity index (χ0) is 25.4. The number of carbonyl (C=O) groups is 3. The van der Waals surface area contributed by atoms with Crippen molar-refractivity contribution in [2.24, 2.45) is 0 Å². The molecule has 0 saturated carbocycles. The predicted molar refractivity (Wildman–Crippen MR) is 123 cm³/mol. The highest BCUT2D eigenvalue weighted by atomic mass is 19.1. The van der Waals surface area contributed by atoms with E-state index in [2.05, 4.69) is 30.7 Å². The SMILES string of the molecule is Cc1c(C(=O)O)ccc2c1CC[C@@H]2NC(=O)c1cc(C(=O)NCc2ccnc(F)c2)nc2ncnn12. The van der Waals surface area contributed by atoms with Crippen LogP contribution in [0.15, 0.2) is 42.9 Å². The topological polar surface area (TPSA) is 151 Å². The number of hydrogen-bond acceptors (Lipinski definition) is 7. The van der Waals surface area contributed by atoms with E-state index in [9.17, 15) is 23.9 Å². The van der Waals surface area contributed by atoms with Gasteiger partial charge in [-0.15, -0.1) is 0 Å². The second-order valence-corrected chi connectivity index (χ2v) is 8.34. The number of hydrogen-bond donors (Lipinski definition) is 3. The molecule has 1 aliphatic rings. The summed E-state index contributed by atoms with van der Waals surface area (Å²) in [4.78, 5) is 49.1. The Kier molecular flexibility index (Phi) is 5.84. The Balaban J connectivity index is 1.38. The lowest BCUT2D eigenvalue weighted by Crippen LogP contribution is -2.30. The third-order valence-electron chi connectivity index (χ3n) is 6.19. The van der Waals surface area contributed by atoms with E-state index >= 15 is 0 Å². The first kappa shape index (κ1) is 23.0. The zero-order valence-corrected chi connectivity index (χ0v) is 19.0. The average molecular weight is 489 g/mol. The van der Waals surface area contributed by atoms with Gasteiger partial charge in [-0.05, 0) is 60.2 Å². The van der Waals surface area contributed by atoms with E-state index in [1.807, 2.05) is 0 Å². The summed E-state index contributed by atoms with van der Waals surface area (Å²) in [5.74, 6) is -2.65. The number of aromatic nitrogens is 5. The lowest BCUT2D eigenvalue weighted by molar-refractivity contribution is 0.0695. The third-order valence-corrected chi connectivity index (χ3v) is 6.19. The molecule has 11 nitrogen and oxygen atoms in total. The van der Waals surface area contributed by atoms with Crippen LogP contribution in [0, 0.1) is 12.9 Å². The molecule has 182 valence electrons. The molecule has 0 aliphatic heterocycles. The Hall–Kier alpha value is -4.74. The molecule has 3 N–H and O–H groups in total. The number of carboxylic acid groups (broad SMARTS) is 1. The van der Waals surface area contributed by atoms with Crippen molar-refractivity contribution < 1.29 is 23.9 Å². The minimum atomic E-state index is -0.993. The van der Waals surface area contributed by atoms with E-state index < -0.39 is 23.7 Å². The highest BCUT2D eigenvalue weighted by Gasteiger charge is 2.29. The Morgan fingerprint density at radius 1 is 1.17 bits per heavy atom. The van der Waals surface area contributed by atoms with E-state index in [0.29, 0.717) is 24.0 Å². The minimum absolute atomic E-state index is 0.0376. The van der Waals surface area contributed by atoms with Crippen molar-refractivity contribution >= 4 is 23.6 Å². The van der Waals surface area contributed by atoms with Crippen molar-refractivity contribution in [2.45, 2.75) is 32.4 Å². The summed E-state index contributed by atoms with van der Waals surface area (Å²) in [5.41, 5.74) is 3.22. The van der Waals surface area contributed by atoms with Crippen LogP contribution in [0.2, 0.25) is 0 Å². The maximum Gasteiger partial charge on any atom is 0.335 e. The van der Waals surface area contributed by atoms with Crippen LogP contribution in [-0.2, 0) is 13.0 Å². The average Bonchev–Trinajstić information content (AvgIpc) is 3.49. The van der Waals surface area contributed by atoms with Gasteiger partial charge in [0, 0.05) is 18.8 Å². The van der Waals surface area contributed by atoms with Crippen molar-refractivity contribution in [2.75, 3.05) is 0 Å². The van der Waals surface area contributed by atoms with Gasteiger partial charge in [0.15, 0.2) is 0 Å². The monoisotopic (exact) mass is 489 g/mol. The summed E-state index contributed by atoms with van der Waals surface area (Å²) < 4.78 is 14.5. The molecule has 2 amide bonds. The minimum Gasteiger partial charge on any atom is -0.478 e. The van der Waals surface area contributed by atoms with Crippen LogP contribution in [0.4, 0.5) is 4.39 Å². The molecule has 0 spiro atoms. The van der Waals surface area contributed by atoms with Crippen LogP contribution in [0.5, 0.6) is 0 Å². The molecule has 1 aliphatic carbocycles. The first-order valence-electron chi connectivity index (χ1n) is 11.1. The fourth-order valence-electron chi connectivity index (χ4n) is 4.41. The molecular formula is C24H20FN7O4. The van der Waals surface area contributed by atoms with Gasteiger partial charge < -0.3 is 15.7 Å². The smallest absolute Gasteiger partial charge is 0.335 e. The van der Waals surface area contributed by atoms with Crippen LogP contribution < -0.4 is 10.6 Å². The summed E-state index contributed by atoms with van der Waals surface area (Å²) in [7, 11) is 0. The van der Waals surface area contributed by atoms with Gasteiger partial charge in [-0.2, -0.15) is 19.0 Å². The summed E-state index contributed by atoms with van der Waals surface area (Å²) in [6, 6.07) is 7.02. The molecular weight excluding hydrogens is 469 g/mol. The maximum atomic E-state index is 13.3. The fraction of sp³-hybridized carbons (Fsp3) is 0.208. The maximum absolute atomic E-state index is 13.3. The normalized spacial score (nSPS) is 14.4. The van der Waals surface area contributed by atoms with Gasteiger partial charge in [0.1, 0.15) is 17.7 Å². The summed E-state index contributed by atoms with van der Waals surface area (Å²) in [5, 5.41) is 19.0. The number of fused-ring (bicyclic) bond motifs is 2. The van der Waals surface area contributed by atoms with Gasteiger partial charge >= 0.3 is 5.97 Å². The Bertz CT molecular complexity index is 1530. The van der Waals surface area contributed by atoms with Crippen LogP contribution in [0.25, 0.3) is 5.78 Å². The molecule has 0 unspecified atom stereocenters. The van der Waals surface area contributed by atoms with E-state index in [-0.39, 0.29) is 35.3 Å². The Labute approximate surface area is 203 Å². The molecule has 5 rings (SSSR count). The van der Waals surface area contributed by atoms with Crippen LogP contribution in [0.3, 0.4) is 0 Å². The van der Waals surface area contributed by atoms with Gasteiger partial charge in [0.05, 0.1) is 11.6 Å². The van der Waals surface area contributed by atoms with Crippen molar-refractivity contribution in [1.29, 1.82) is 0 Å². The molecule has 0 saturated heterocycles. The van der Waals surface area contributed by atoms with E-state index in [1.165, 1.54) is 29.2 Å². The number of nitrogens with zero attached hydrogens (tertiary/aromatic N) is 5. The number of carbonyl (C=O) groups excluding carboxylic acids is 2. The molecule has 3 aromatic heterocycles. The van der Waals surface area contributed by atoms with Gasteiger partial charge in [0.2, 0.25) is 5.95 Å². The largest absolute Gasteiger partial charge is 0.478 e. The van der Waals surface area contributed by atoms with Crippen molar-refractivity contribution in [3.05, 3.63) is 88.0 Å². The second-order valence-electron chi connectivity index (χ2n) is 8.34. The second kappa shape index (κ2) is 9.13. The first-order valence-corrected chi connectivity index (χ1v) is 11.1. The van der Waals surface area contributed by atoms with Gasteiger partial charge in [0.25, 0.3) is 17.6 Å². The number of nitrogens with one attached hydrogen (secondary N) is 2. The number of rotatable bonds is 6. The predicted octanol–water partition coefficient (Wildman–Crippen LogP) is 2.01. The van der Waals surface area contributed by atoms with Crippen molar-refractivity contribution in [3.63, 3.8) is 0 Å². The van der Waals surface area contributed by atoms with Crippen LogP contribution >= 0.6 is 0 Å². The Morgan fingerprint density at radius 2 is 2.00 bits per heavy atom. The molecule has 36 heavy (non-hydrogen) atoms. The number of aromatic carboxylic acids is 1. The van der Waals surface area contributed by atoms with Gasteiger partial charge in [-0.25, -0.2) is 14.8 Å². The summed E-state index contributed by atoms with van der Waals surface area (Å²) >= 11 is 0. The molecule has 0 fully saturated rings. The molecule has 0 radical (unpaired) electrons. The first-order chi connectivity index (χ1) is 17.3. The highest BCUT2D eigenvalue weighted by Crippen LogP contribution is 2.34. The van der Waals surface area contributed by atoms with E-state index in [4.69, 9.17) is 0 Å². The third kappa shape index (κ3) is 4.24. The van der Waals surface area contributed by atoms with Gasteiger partial charge in [-0.1, -0.05) is 6.07 Å². The standard InChI is InChI=1S/C24H20FN7O4/c1-12-14-4-5-17(16(14)3-2-15(12)23(35)36)30-22(34)19-9-18(31-24-28-11-29-32(19)24)21(33)27-10-13-6-7-26-20(25)8-13/h2-3,6-9,11,17H,4-5,10H2,1H3,(H,27,33)(H,30,34)(H,35,36)/t17-/m0/s1. The quantitative estimate of drug-likeness (QED) is 0.348. The van der Waals surface area contributed by atoms with E-state index in [0.717, 1.165) is 11.1 Å². The number of pyridine rings is 1. The molecule has 4 aromatic rings. The highest BCUT2D eigenvalue weighted by molar-refractivity contribution is 5.98. The molecule has 0 bridgehead atoms. The molecule has 1 atom stereocenters. The van der Waals surface area contributed by atoms with Crippen LogP contribution in [0.1, 0.15) is 66.1 Å². The Morgan fingerprint density at radius 3 is 2.78 bits per heavy atom. The lowest BCUT2D eigenvalue weighted by Gasteiger charge is -2.16. The molecule has 1 aromatic carbocycles. The number of benzene rings is 1. The van der Waals surface area contributed by atoms with E-state index in [1.54, 1.807) is 25.1 Å². The fourth-order valence-corrected chi connectivity index (χ4v) is 4.41. The zero-order valence-electron chi connectivity index (χ0n) is 19.0. The number of halogens is 1. The molecule has 12 heteroatoms.